The summed E-state index contributed by atoms with van der Waals surface area (Å²) in [6.07, 6.45) is 23.1. The van der Waals surface area contributed by atoms with Crippen LogP contribution in [-0.2, 0) is 0 Å². The first kappa shape index (κ1) is 31.8. The van der Waals surface area contributed by atoms with E-state index in [0.29, 0.717) is 19.6 Å². The average molecular weight is 459 g/mol. The minimum Gasteiger partial charge on any atom is -0.395 e. The lowest BCUT2D eigenvalue weighted by Gasteiger charge is -2.39. The van der Waals surface area contributed by atoms with Crippen LogP contribution < -0.4 is 0 Å². The normalized spacial score (nSPS) is 12.8. The van der Waals surface area contributed by atoms with Crippen molar-refractivity contribution in [2.24, 2.45) is 0 Å². The summed E-state index contributed by atoms with van der Waals surface area (Å²) in [6, 6.07) is 0. The van der Waals surface area contributed by atoms with Crippen LogP contribution in [0, 0.1) is 0 Å². The Bertz CT molecular complexity index is 352. The highest BCUT2D eigenvalue weighted by Gasteiger charge is 2.22. The molecular formula is C27H58N2O3. The molecule has 0 aliphatic heterocycles. The van der Waals surface area contributed by atoms with Gasteiger partial charge in [-0.15, -0.1) is 0 Å². The summed E-state index contributed by atoms with van der Waals surface area (Å²) >= 11 is 0. The molecule has 1 atom stereocenters. The fourth-order valence-electron chi connectivity index (χ4n) is 4.82. The largest absolute Gasteiger partial charge is 0.395 e. The zero-order chi connectivity index (χ0) is 23.7. The van der Waals surface area contributed by atoms with E-state index in [0.717, 1.165) is 19.4 Å². The van der Waals surface area contributed by atoms with E-state index in [1.165, 1.54) is 96.3 Å². The molecule has 0 saturated heterocycles. The summed E-state index contributed by atoms with van der Waals surface area (Å²) in [7, 11) is 0. The van der Waals surface area contributed by atoms with Gasteiger partial charge in [-0.1, -0.05) is 110 Å². The second kappa shape index (κ2) is 25.4. The van der Waals surface area contributed by atoms with Crippen LogP contribution >= 0.6 is 0 Å². The van der Waals surface area contributed by atoms with Crippen molar-refractivity contribution in [2.45, 2.75) is 129 Å². The van der Waals surface area contributed by atoms with Gasteiger partial charge in [0.25, 0.3) is 0 Å². The summed E-state index contributed by atoms with van der Waals surface area (Å²) in [5, 5.41) is 28.2. The number of hydrogen-bond donors (Lipinski definition) is 3. The number of aliphatic hydroxyl groups excluding tert-OH is 3. The number of aliphatic hydroxyl groups is 3. The molecule has 5 nitrogen and oxygen atoms in total. The fraction of sp³-hybridized carbons (Fsp3) is 1.00. The maximum atomic E-state index is 9.50. The predicted molar refractivity (Wildman–Crippen MR) is 138 cm³/mol. The van der Waals surface area contributed by atoms with E-state index in [-0.39, 0.29) is 26.0 Å². The van der Waals surface area contributed by atoms with Crippen LogP contribution in [0.3, 0.4) is 0 Å². The van der Waals surface area contributed by atoms with Crippen LogP contribution in [-0.4, -0.2) is 77.3 Å². The predicted octanol–water partition coefficient (Wildman–Crippen LogP) is 5.56. The van der Waals surface area contributed by atoms with Gasteiger partial charge in [0.2, 0.25) is 0 Å². The standard InChI is InChI=1S/C27H58N2O3/c1-3-5-6-7-8-9-10-11-12-13-14-15-16-17-18-19-20-28(21-24-30)27(4-2)29(22-25-31)23-26-32/h27,30-32H,3-26H2,1-2H3. The van der Waals surface area contributed by atoms with Gasteiger partial charge < -0.3 is 15.3 Å². The second-order valence-electron chi connectivity index (χ2n) is 9.43. The first-order valence-corrected chi connectivity index (χ1v) is 14.1. The molecule has 0 rings (SSSR count). The van der Waals surface area contributed by atoms with Crippen molar-refractivity contribution in [3.8, 4) is 0 Å². The lowest BCUT2D eigenvalue weighted by Crippen LogP contribution is -2.51. The highest BCUT2D eigenvalue weighted by Crippen LogP contribution is 2.15. The molecule has 0 saturated carbocycles. The van der Waals surface area contributed by atoms with Gasteiger partial charge in [-0.2, -0.15) is 0 Å². The number of hydrogen-bond acceptors (Lipinski definition) is 5. The summed E-state index contributed by atoms with van der Waals surface area (Å²) in [6.45, 7) is 7.55. The summed E-state index contributed by atoms with van der Waals surface area (Å²) in [4.78, 5) is 4.47. The molecule has 32 heavy (non-hydrogen) atoms. The molecule has 194 valence electrons. The summed E-state index contributed by atoms with van der Waals surface area (Å²) in [5.41, 5.74) is 0. The van der Waals surface area contributed by atoms with E-state index in [1.54, 1.807) is 0 Å². The van der Waals surface area contributed by atoms with Crippen molar-refractivity contribution >= 4 is 0 Å². The molecule has 1 unspecified atom stereocenters. The third-order valence-corrected chi connectivity index (χ3v) is 6.67. The molecule has 0 aromatic rings. The van der Waals surface area contributed by atoms with Crippen LogP contribution in [0.15, 0.2) is 0 Å². The van der Waals surface area contributed by atoms with E-state index in [9.17, 15) is 15.3 Å². The molecule has 5 heteroatoms. The van der Waals surface area contributed by atoms with Crippen LogP contribution in [0.4, 0.5) is 0 Å². The maximum absolute atomic E-state index is 9.50. The minimum atomic E-state index is 0.0997. The number of rotatable bonds is 26. The van der Waals surface area contributed by atoms with Crippen molar-refractivity contribution in [2.75, 3.05) is 46.0 Å². The fourth-order valence-corrected chi connectivity index (χ4v) is 4.82. The first-order valence-electron chi connectivity index (χ1n) is 14.1. The lowest BCUT2D eigenvalue weighted by atomic mass is 10.0. The Morgan fingerprint density at radius 3 is 1.06 bits per heavy atom. The van der Waals surface area contributed by atoms with E-state index in [2.05, 4.69) is 23.6 Å². The summed E-state index contributed by atoms with van der Waals surface area (Å²) in [5.74, 6) is 0. The summed E-state index contributed by atoms with van der Waals surface area (Å²) < 4.78 is 0. The number of nitrogens with zero attached hydrogens (tertiary/aromatic N) is 2. The SMILES string of the molecule is CCCCCCCCCCCCCCCCCCN(CCO)C(CC)N(CCO)CCO. The highest BCUT2D eigenvalue weighted by molar-refractivity contribution is 4.73. The molecule has 0 aromatic carbocycles. The van der Waals surface area contributed by atoms with Crippen LogP contribution in [0.25, 0.3) is 0 Å². The molecule has 0 aromatic heterocycles. The smallest absolute Gasteiger partial charge is 0.0622 e. The van der Waals surface area contributed by atoms with Gasteiger partial charge in [0, 0.05) is 19.6 Å². The van der Waals surface area contributed by atoms with E-state index in [4.69, 9.17) is 0 Å². The molecule has 0 aliphatic rings. The Hall–Kier alpha value is -0.200. The van der Waals surface area contributed by atoms with Gasteiger partial charge in [-0.3, -0.25) is 9.80 Å². The van der Waals surface area contributed by atoms with Gasteiger partial charge >= 0.3 is 0 Å². The topological polar surface area (TPSA) is 67.2 Å². The monoisotopic (exact) mass is 458 g/mol. The van der Waals surface area contributed by atoms with E-state index < -0.39 is 0 Å². The average Bonchev–Trinajstić information content (AvgIpc) is 2.79. The Balaban J connectivity index is 3.75. The molecule has 0 fully saturated rings. The van der Waals surface area contributed by atoms with Gasteiger partial charge in [0.15, 0.2) is 0 Å². The molecule has 0 aliphatic carbocycles. The molecule has 0 bridgehead atoms. The molecule has 0 radical (unpaired) electrons. The Labute approximate surface area is 200 Å². The van der Waals surface area contributed by atoms with E-state index >= 15 is 0 Å². The quantitative estimate of drug-likeness (QED) is 0.117. The van der Waals surface area contributed by atoms with Gasteiger partial charge in [0.1, 0.15) is 0 Å². The highest BCUT2D eigenvalue weighted by atomic mass is 16.3. The van der Waals surface area contributed by atoms with Gasteiger partial charge in [-0.05, 0) is 19.4 Å². The minimum absolute atomic E-state index is 0.0997. The van der Waals surface area contributed by atoms with Gasteiger partial charge in [0.05, 0.1) is 26.0 Å². The first-order chi connectivity index (χ1) is 15.7. The Morgan fingerprint density at radius 1 is 0.438 bits per heavy atom. The zero-order valence-corrected chi connectivity index (χ0v) is 21.8. The molecule has 3 N–H and O–H groups in total. The maximum Gasteiger partial charge on any atom is 0.0622 e. The van der Waals surface area contributed by atoms with Gasteiger partial charge in [-0.25, -0.2) is 0 Å². The Morgan fingerprint density at radius 2 is 0.750 bits per heavy atom. The Kier molecular flexibility index (Phi) is 25.3. The molecule has 0 spiro atoms. The van der Waals surface area contributed by atoms with Crippen molar-refractivity contribution < 1.29 is 15.3 Å². The van der Waals surface area contributed by atoms with Crippen molar-refractivity contribution in [1.82, 2.24) is 9.80 Å². The molecular weight excluding hydrogens is 400 g/mol. The van der Waals surface area contributed by atoms with Crippen molar-refractivity contribution in [1.29, 1.82) is 0 Å². The van der Waals surface area contributed by atoms with Crippen molar-refractivity contribution in [3.63, 3.8) is 0 Å². The molecule has 0 heterocycles. The lowest BCUT2D eigenvalue weighted by molar-refractivity contribution is 0.00851. The number of unbranched alkanes of at least 4 members (excludes halogenated alkanes) is 15. The molecule has 0 amide bonds. The van der Waals surface area contributed by atoms with Crippen LogP contribution in [0.1, 0.15) is 123 Å². The van der Waals surface area contributed by atoms with E-state index in [1.807, 2.05) is 0 Å². The van der Waals surface area contributed by atoms with Crippen LogP contribution in [0.2, 0.25) is 0 Å². The van der Waals surface area contributed by atoms with Crippen LogP contribution in [0.5, 0.6) is 0 Å². The third-order valence-electron chi connectivity index (χ3n) is 6.67. The van der Waals surface area contributed by atoms with Crippen molar-refractivity contribution in [3.05, 3.63) is 0 Å². The zero-order valence-electron chi connectivity index (χ0n) is 21.8. The second-order valence-corrected chi connectivity index (χ2v) is 9.43. The third kappa shape index (κ3) is 18.3.